The topological polar surface area (TPSA) is 50.7 Å². The van der Waals surface area contributed by atoms with Crippen LogP contribution in [0.25, 0.3) is 10.8 Å². The number of hydrogen-bond donors (Lipinski definition) is 1. The van der Waals surface area contributed by atoms with Crippen molar-refractivity contribution in [2.24, 2.45) is 5.16 Å². The Hall–Kier alpha value is -3.14. The van der Waals surface area contributed by atoms with Gasteiger partial charge in [0.05, 0.1) is 6.21 Å². The van der Waals surface area contributed by atoms with Crippen molar-refractivity contribution >= 4 is 28.6 Å². The molecule has 0 aliphatic carbocycles. The summed E-state index contributed by atoms with van der Waals surface area (Å²) in [5.41, 5.74) is 1.66. The van der Waals surface area contributed by atoms with E-state index in [2.05, 4.69) is 10.5 Å². The smallest absolute Gasteiger partial charge is 0.265 e. The van der Waals surface area contributed by atoms with E-state index in [4.69, 9.17) is 4.84 Å². The highest BCUT2D eigenvalue weighted by Gasteiger charge is 2.03. The van der Waals surface area contributed by atoms with Crippen LogP contribution in [0, 0.1) is 0 Å². The maximum absolute atomic E-state index is 11.8. The van der Waals surface area contributed by atoms with E-state index in [1.54, 1.807) is 6.21 Å². The van der Waals surface area contributed by atoms with Crippen LogP contribution in [0.2, 0.25) is 0 Å². The number of carbonyl (C=O) groups is 1. The Labute approximate surface area is 134 Å². The van der Waals surface area contributed by atoms with Crippen LogP contribution in [0.3, 0.4) is 0 Å². The molecule has 114 valence electrons. The second-order valence-corrected chi connectivity index (χ2v) is 5.03. The summed E-state index contributed by atoms with van der Waals surface area (Å²) < 4.78 is 0. The lowest BCUT2D eigenvalue weighted by molar-refractivity contribution is -0.120. The molecule has 0 saturated carbocycles. The summed E-state index contributed by atoms with van der Waals surface area (Å²) in [4.78, 5) is 16.9. The van der Waals surface area contributed by atoms with Crippen LogP contribution in [-0.4, -0.2) is 18.7 Å². The van der Waals surface area contributed by atoms with E-state index < -0.39 is 0 Å². The zero-order chi connectivity index (χ0) is 15.9. The van der Waals surface area contributed by atoms with Crippen molar-refractivity contribution in [1.29, 1.82) is 0 Å². The molecule has 23 heavy (non-hydrogen) atoms. The van der Waals surface area contributed by atoms with Gasteiger partial charge in [-0.15, -0.1) is 0 Å². The zero-order valence-corrected chi connectivity index (χ0v) is 12.5. The summed E-state index contributed by atoms with van der Waals surface area (Å²) in [6.07, 6.45) is 1.57. The Bertz CT molecular complexity index is 829. The van der Waals surface area contributed by atoms with Gasteiger partial charge in [-0.3, -0.25) is 4.79 Å². The van der Waals surface area contributed by atoms with Crippen LogP contribution < -0.4 is 5.32 Å². The lowest BCUT2D eigenvalue weighted by Gasteiger charge is -2.05. The monoisotopic (exact) mass is 304 g/mol. The molecule has 0 aliphatic rings. The number of carbonyl (C=O) groups excluding carboxylic acids is 1. The third-order valence-corrected chi connectivity index (χ3v) is 3.30. The average molecular weight is 304 g/mol. The number of hydrogen-bond acceptors (Lipinski definition) is 3. The molecule has 3 aromatic carbocycles. The molecule has 1 amide bonds. The first-order valence-electron chi connectivity index (χ1n) is 7.30. The van der Waals surface area contributed by atoms with Crippen LogP contribution in [0.1, 0.15) is 5.56 Å². The number of amides is 1. The largest absolute Gasteiger partial charge is 0.386 e. The SMILES string of the molecule is O=C(CO/N=C\c1ccccc1)Nc1ccc2ccccc2c1. The van der Waals surface area contributed by atoms with Gasteiger partial charge in [0.2, 0.25) is 0 Å². The molecule has 0 radical (unpaired) electrons. The van der Waals surface area contributed by atoms with Crippen LogP contribution in [0.15, 0.2) is 78.0 Å². The molecule has 0 unspecified atom stereocenters. The first-order valence-corrected chi connectivity index (χ1v) is 7.30. The van der Waals surface area contributed by atoms with Gasteiger partial charge in [-0.1, -0.05) is 65.8 Å². The van der Waals surface area contributed by atoms with Gasteiger partial charge in [0.1, 0.15) is 0 Å². The fourth-order valence-corrected chi connectivity index (χ4v) is 2.20. The summed E-state index contributed by atoms with van der Waals surface area (Å²) in [7, 11) is 0. The molecule has 4 heteroatoms. The lowest BCUT2D eigenvalue weighted by atomic mass is 10.1. The fourth-order valence-electron chi connectivity index (χ4n) is 2.20. The van der Waals surface area contributed by atoms with Gasteiger partial charge in [0.25, 0.3) is 5.91 Å². The molecule has 3 rings (SSSR count). The number of oxime groups is 1. The van der Waals surface area contributed by atoms with Crippen molar-refractivity contribution in [2.75, 3.05) is 11.9 Å². The van der Waals surface area contributed by atoms with E-state index in [0.29, 0.717) is 0 Å². The van der Waals surface area contributed by atoms with Gasteiger partial charge in [0.15, 0.2) is 6.61 Å². The highest BCUT2D eigenvalue weighted by molar-refractivity contribution is 5.95. The van der Waals surface area contributed by atoms with Crippen molar-refractivity contribution in [1.82, 2.24) is 0 Å². The third kappa shape index (κ3) is 4.17. The van der Waals surface area contributed by atoms with Crippen LogP contribution in [-0.2, 0) is 9.63 Å². The molecule has 0 fully saturated rings. The standard InChI is InChI=1S/C19H16N2O2/c22-19(14-23-20-13-15-6-2-1-3-7-15)21-18-11-10-16-8-4-5-9-17(16)12-18/h1-13H,14H2,(H,21,22)/b20-13-. The van der Waals surface area contributed by atoms with Crippen LogP contribution >= 0.6 is 0 Å². The highest BCUT2D eigenvalue weighted by atomic mass is 16.6. The number of rotatable bonds is 5. The van der Waals surface area contributed by atoms with Gasteiger partial charge < -0.3 is 10.2 Å². The lowest BCUT2D eigenvalue weighted by Crippen LogP contribution is -2.16. The van der Waals surface area contributed by atoms with Gasteiger partial charge >= 0.3 is 0 Å². The summed E-state index contributed by atoms with van der Waals surface area (Å²) in [6, 6.07) is 23.3. The minimum absolute atomic E-state index is 0.129. The molecule has 0 atom stereocenters. The van der Waals surface area contributed by atoms with Crippen molar-refractivity contribution < 1.29 is 9.63 Å². The van der Waals surface area contributed by atoms with Crippen molar-refractivity contribution in [3.8, 4) is 0 Å². The molecule has 3 aromatic rings. The van der Waals surface area contributed by atoms with Crippen LogP contribution in [0.5, 0.6) is 0 Å². The molecule has 0 spiro atoms. The normalized spacial score (nSPS) is 10.8. The Kier molecular flexibility index (Phi) is 4.64. The Balaban J connectivity index is 1.53. The number of fused-ring (bicyclic) bond motifs is 1. The number of nitrogens with zero attached hydrogens (tertiary/aromatic N) is 1. The first-order chi connectivity index (χ1) is 11.3. The van der Waals surface area contributed by atoms with Gasteiger partial charge in [-0.2, -0.15) is 0 Å². The molecular weight excluding hydrogens is 288 g/mol. The molecule has 0 heterocycles. The minimum Gasteiger partial charge on any atom is -0.386 e. The molecular formula is C19H16N2O2. The highest BCUT2D eigenvalue weighted by Crippen LogP contribution is 2.18. The summed E-state index contributed by atoms with van der Waals surface area (Å²) in [5.74, 6) is -0.245. The Morgan fingerprint density at radius 1 is 0.957 bits per heavy atom. The van der Waals surface area contributed by atoms with Gasteiger partial charge in [0, 0.05) is 5.69 Å². The number of nitrogens with one attached hydrogen (secondary N) is 1. The van der Waals surface area contributed by atoms with E-state index >= 15 is 0 Å². The third-order valence-electron chi connectivity index (χ3n) is 3.30. The quantitative estimate of drug-likeness (QED) is 0.575. The molecule has 0 aromatic heterocycles. The predicted octanol–water partition coefficient (Wildman–Crippen LogP) is 3.83. The first kappa shape index (κ1) is 14.8. The van der Waals surface area contributed by atoms with Crippen molar-refractivity contribution in [3.63, 3.8) is 0 Å². The van der Waals surface area contributed by atoms with E-state index in [1.807, 2.05) is 72.8 Å². The minimum atomic E-state index is -0.245. The Morgan fingerprint density at radius 3 is 2.52 bits per heavy atom. The second-order valence-electron chi connectivity index (χ2n) is 5.03. The number of anilines is 1. The maximum atomic E-state index is 11.8. The van der Waals surface area contributed by atoms with Gasteiger partial charge in [-0.25, -0.2) is 0 Å². The summed E-state index contributed by atoms with van der Waals surface area (Å²) in [5, 5.41) is 8.79. The number of benzene rings is 3. The van der Waals surface area contributed by atoms with Crippen molar-refractivity contribution in [3.05, 3.63) is 78.4 Å². The van der Waals surface area contributed by atoms with E-state index in [9.17, 15) is 4.79 Å². The molecule has 0 bridgehead atoms. The molecule has 1 N–H and O–H groups in total. The predicted molar refractivity (Wildman–Crippen MR) is 92.6 cm³/mol. The average Bonchev–Trinajstić information content (AvgIpc) is 2.59. The summed E-state index contributed by atoms with van der Waals surface area (Å²) in [6.45, 7) is -0.129. The van der Waals surface area contributed by atoms with Crippen LogP contribution in [0.4, 0.5) is 5.69 Å². The fraction of sp³-hybridized carbons (Fsp3) is 0.0526. The second kappa shape index (κ2) is 7.22. The van der Waals surface area contributed by atoms with Gasteiger partial charge in [-0.05, 0) is 28.5 Å². The molecule has 4 nitrogen and oxygen atoms in total. The van der Waals surface area contributed by atoms with E-state index in [-0.39, 0.29) is 12.5 Å². The maximum Gasteiger partial charge on any atom is 0.265 e. The van der Waals surface area contributed by atoms with E-state index in [0.717, 1.165) is 22.0 Å². The summed E-state index contributed by atoms with van der Waals surface area (Å²) >= 11 is 0. The zero-order valence-electron chi connectivity index (χ0n) is 12.5. The van der Waals surface area contributed by atoms with E-state index in [1.165, 1.54) is 0 Å². The molecule has 0 aliphatic heterocycles. The molecule has 0 saturated heterocycles. The van der Waals surface area contributed by atoms with Crippen molar-refractivity contribution in [2.45, 2.75) is 0 Å². The Morgan fingerprint density at radius 2 is 1.70 bits per heavy atom.